The van der Waals surface area contributed by atoms with Gasteiger partial charge < -0.3 is 31.2 Å². The first kappa shape index (κ1) is 13.3. The summed E-state index contributed by atoms with van der Waals surface area (Å²) in [6.45, 7) is 0.165. The number of hydrogen-bond acceptors (Lipinski definition) is 7. The molecule has 2 unspecified atom stereocenters. The Hall–Kier alpha value is -1.77. The van der Waals surface area contributed by atoms with Crippen molar-refractivity contribution in [2.75, 3.05) is 6.54 Å². The van der Waals surface area contributed by atoms with E-state index in [0.29, 0.717) is 0 Å². The maximum Gasteiger partial charge on any atom is 0.406 e. The molecule has 1 aromatic heterocycles. The van der Waals surface area contributed by atoms with Gasteiger partial charge in [0, 0.05) is 0 Å². The molecule has 8 heteroatoms. The van der Waals surface area contributed by atoms with Crippen LogP contribution in [-0.2, 0) is 0 Å². The van der Waals surface area contributed by atoms with E-state index < -0.39 is 28.7 Å². The molecule has 0 aliphatic rings. The van der Waals surface area contributed by atoms with Crippen LogP contribution in [0.3, 0.4) is 0 Å². The third-order valence-corrected chi connectivity index (χ3v) is 2.18. The zero-order valence-electron chi connectivity index (χ0n) is 8.85. The fourth-order valence-electron chi connectivity index (χ4n) is 1.28. The second-order valence-electron chi connectivity index (χ2n) is 3.43. The molecular formula is C9H13N3O5. The van der Waals surface area contributed by atoms with Gasteiger partial charge in [0.1, 0.15) is 6.10 Å². The first-order valence-electron chi connectivity index (χ1n) is 4.88. The molecule has 17 heavy (non-hydrogen) atoms. The van der Waals surface area contributed by atoms with Gasteiger partial charge in [-0.25, -0.2) is 0 Å². The van der Waals surface area contributed by atoms with Crippen LogP contribution in [0, 0.1) is 10.1 Å². The highest BCUT2D eigenvalue weighted by molar-refractivity contribution is 5.39. The smallest absolute Gasteiger partial charge is 0.406 e. The highest BCUT2D eigenvalue weighted by Crippen LogP contribution is 2.26. The van der Waals surface area contributed by atoms with Crippen LogP contribution in [0.2, 0.25) is 0 Å². The molecule has 94 valence electrons. The molecule has 0 spiro atoms. The number of aliphatic hydroxyl groups excluding tert-OH is 2. The van der Waals surface area contributed by atoms with Gasteiger partial charge in [-0.05, 0) is 35.0 Å². The SMILES string of the molecule is NCCC(O)C(O)c1ccc(O)c([N+](=O)[O-])n1. The summed E-state index contributed by atoms with van der Waals surface area (Å²) >= 11 is 0. The van der Waals surface area contributed by atoms with Crippen LogP contribution in [0.1, 0.15) is 18.2 Å². The minimum Gasteiger partial charge on any atom is -0.501 e. The van der Waals surface area contributed by atoms with Crippen molar-refractivity contribution in [3.8, 4) is 5.75 Å². The van der Waals surface area contributed by atoms with Crippen LogP contribution in [0.4, 0.5) is 5.82 Å². The average molecular weight is 243 g/mol. The first-order valence-corrected chi connectivity index (χ1v) is 4.88. The van der Waals surface area contributed by atoms with Gasteiger partial charge in [0.15, 0.2) is 5.69 Å². The van der Waals surface area contributed by atoms with Crippen LogP contribution in [0.5, 0.6) is 5.75 Å². The van der Waals surface area contributed by atoms with Gasteiger partial charge in [0.2, 0.25) is 5.75 Å². The molecule has 0 aliphatic carbocycles. The number of rotatable bonds is 5. The Kier molecular flexibility index (Phi) is 4.32. The van der Waals surface area contributed by atoms with Gasteiger partial charge >= 0.3 is 5.82 Å². The van der Waals surface area contributed by atoms with Crippen molar-refractivity contribution < 1.29 is 20.2 Å². The number of hydrogen-bond donors (Lipinski definition) is 4. The Morgan fingerprint density at radius 2 is 2.12 bits per heavy atom. The molecule has 0 saturated carbocycles. The van der Waals surface area contributed by atoms with Crippen molar-refractivity contribution in [2.24, 2.45) is 5.73 Å². The van der Waals surface area contributed by atoms with Gasteiger partial charge in [0.05, 0.1) is 6.10 Å². The molecule has 0 fully saturated rings. The van der Waals surface area contributed by atoms with Crippen molar-refractivity contribution >= 4 is 5.82 Å². The summed E-state index contributed by atoms with van der Waals surface area (Å²) < 4.78 is 0. The minimum absolute atomic E-state index is 0.0875. The monoisotopic (exact) mass is 243 g/mol. The highest BCUT2D eigenvalue weighted by atomic mass is 16.6. The van der Waals surface area contributed by atoms with E-state index in [4.69, 9.17) is 10.8 Å². The lowest BCUT2D eigenvalue weighted by molar-refractivity contribution is -0.390. The Labute approximate surface area is 96.5 Å². The molecule has 0 radical (unpaired) electrons. The Morgan fingerprint density at radius 3 is 2.65 bits per heavy atom. The quantitative estimate of drug-likeness (QED) is 0.401. The van der Waals surface area contributed by atoms with Crippen molar-refractivity contribution in [1.82, 2.24) is 4.98 Å². The second-order valence-corrected chi connectivity index (χ2v) is 3.43. The third kappa shape index (κ3) is 3.09. The second kappa shape index (κ2) is 5.53. The summed E-state index contributed by atoms with van der Waals surface area (Å²) in [6.07, 6.45) is -2.40. The number of pyridine rings is 1. The van der Waals surface area contributed by atoms with E-state index >= 15 is 0 Å². The molecule has 5 N–H and O–H groups in total. The standard InChI is InChI=1S/C9H13N3O5/c10-4-3-6(13)8(15)5-1-2-7(14)9(11-5)12(16)17/h1-2,6,8,13-15H,3-4,10H2. The van der Waals surface area contributed by atoms with E-state index in [2.05, 4.69) is 4.98 Å². The summed E-state index contributed by atoms with van der Waals surface area (Å²) in [7, 11) is 0. The van der Waals surface area contributed by atoms with E-state index in [9.17, 15) is 20.3 Å². The molecule has 1 rings (SSSR count). The van der Waals surface area contributed by atoms with E-state index in [-0.39, 0.29) is 18.7 Å². The van der Waals surface area contributed by atoms with Crippen LogP contribution < -0.4 is 5.73 Å². The van der Waals surface area contributed by atoms with Crippen molar-refractivity contribution in [1.29, 1.82) is 0 Å². The number of nitrogens with two attached hydrogens (primary N) is 1. The number of nitrogens with zero attached hydrogens (tertiary/aromatic N) is 2. The summed E-state index contributed by atoms with van der Waals surface area (Å²) in [5.41, 5.74) is 5.12. The molecular weight excluding hydrogens is 230 g/mol. The van der Waals surface area contributed by atoms with E-state index in [1.807, 2.05) is 0 Å². The molecule has 2 atom stereocenters. The van der Waals surface area contributed by atoms with Crippen molar-refractivity contribution in [2.45, 2.75) is 18.6 Å². The minimum atomic E-state index is -1.38. The van der Waals surface area contributed by atoms with Gasteiger partial charge in [0.25, 0.3) is 0 Å². The van der Waals surface area contributed by atoms with Crippen LogP contribution >= 0.6 is 0 Å². The van der Waals surface area contributed by atoms with Crippen molar-refractivity contribution in [3.05, 3.63) is 27.9 Å². The predicted octanol–water partition coefficient (Wildman–Crippen LogP) is -0.562. The first-order chi connectivity index (χ1) is 7.97. The lowest BCUT2D eigenvalue weighted by atomic mass is 10.1. The molecule has 1 heterocycles. The van der Waals surface area contributed by atoms with E-state index in [0.717, 1.165) is 6.07 Å². The van der Waals surface area contributed by atoms with E-state index in [1.54, 1.807) is 0 Å². The van der Waals surface area contributed by atoms with Gasteiger partial charge in [-0.3, -0.25) is 0 Å². The highest BCUT2D eigenvalue weighted by Gasteiger charge is 2.26. The maximum atomic E-state index is 10.5. The molecule has 0 saturated heterocycles. The van der Waals surface area contributed by atoms with Gasteiger partial charge in [-0.1, -0.05) is 0 Å². The molecule has 0 aliphatic heterocycles. The largest absolute Gasteiger partial charge is 0.501 e. The van der Waals surface area contributed by atoms with Crippen LogP contribution in [-0.4, -0.2) is 37.9 Å². The van der Waals surface area contributed by atoms with Gasteiger partial charge in [-0.2, -0.15) is 0 Å². The molecule has 0 amide bonds. The van der Waals surface area contributed by atoms with E-state index in [1.165, 1.54) is 6.07 Å². The number of aliphatic hydroxyl groups is 2. The number of nitro groups is 1. The van der Waals surface area contributed by atoms with Crippen LogP contribution in [0.25, 0.3) is 0 Å². The maximum absolute atomic E-state index is 10.5. The summed E-state index contributed by atoms with van der Waals surface area (Å²) in [6, 6.07) is 2.24. The Morgan fingerprint density at radius 1 is 1.47 bits per heavy atom. The summed E-state index contributed by atoms with van der Waals surface area (Å²) in [4.78, 5) is 13.1. The molecule has 0 aromatic carbocycles. The average Bonchev–Trinajstić information content (AvgIpc) is 2.28. The molecule has 8 nitrogen and oxygen atoms in total. The predicted molar refractivity (Wildman–Crippen MR) is 57.2 cm³/mol. The number of aromatic hydroxyl groups is 1. The zero-order valence-corrected chi connectivity index (χ0v) is 8.85. The molecule has 0 bridgehead atoms. The number of aromatic nitrogens is 1. The van der Waals surface area contributed by atoms with Crippen molar-refractivity contribution in [3.63, 3.8) is 0 Å². The fourth-order valence-corrected chi connectivity index (χ4v) is 1.28. The van der Waals surface area contributed by atoms with Crippen LogP contribution in [0.15, 0.2) is 12.1 Å². The normalized spacial score (nSPS) is 14.3. The fraction of sp³-hybridized carbons (Fsp3) is 0.444. The lowest BCUT2D eigenvalue weighted by Crippen LogP contribution is -2.22. The summed E-state index contributed by atoms with van der Waals surface area (Å²) in [5, 5.41) is 38.8. The zero-order chi connectivity index (χ0) is 13.0. The lowest BCUT2D eigenvalue weighted by Gasteiger charge is -2.13. The Balaban J connectivity index is 2.99. The van der Waals surface area contributed by atoms with Gasteiger partial charge in [-0.15, -0.1) is 0 Å². The topological polar surface area (TPSA) is 143 Å². The molecule has 1 aromatic rings. The third-order valence-electron chi connectivity index (χ3n) is 2.18. The summed E-state index contributed by atoms with van der Waals surface area (Å²) in [5.74, 6) is -1.36. The Bertz CT molecular complexity index is 412.